The van der Waals surface area contributed by atoms with Gasteiger partial charge < -0.3 is 10.3 Å². The molecule has 3 fully saturated rings. The van der Waals surface area contributed by atoms with Gasteiger partial charge in [0.2, 0.25) is 5.91 Å². The van der Waals surface area contributed by atoms with E-state index in [4.69, 9.17) is 4.98 Å². The minimum absolute atomic E-state index is 0.106. The monoisotopic (exact) mass is 337 g/mol. The third kappa shape index (κ3) is 2.96. The Morgan fingerprint density at radius 2 is 1.92 bits per heavy atom. The van der Waals surface area contributed by atoms with Crippen molar-refractivity contribution in [2.75, 3.05) is 6.54 Å². The fourth-order valence-corrected chi connectivity index (χ4v) is 4.77. The molecule has 25 heavy (non-hydrogen) atoms. The molecule has 4 heteroatoms. The van der Waals surface area contributed by atoms with Gasteiger partial charge in [0.05, 0.1) is 11.0 Å². The standard InChI is InChI=1S/C21H27N3O/c1-12(16-8-9-22-21(16)25)15-6-7-18-19(10-15)24-20(23-18)11-17(13-2-3-13)14-4-5-14/h6-7,10,12-14,16-17H,2-5,8-9,11H2,1H3,(H,22,25)(H,23,24). The predicted molar refractivity (Wildman–Crippen MR) is 98.3 cm³/mol. The van der Waals surface area contributed by atoms with Crippen LogP contribution in [0.4, 0.5) is 0 Å². The summed E-state index contributed by atoms with van der Waals surface area (Å²) in [6.07, 6.45) is 7.74. The lowest BCUT2D eigenvalue weighted by Gasteiger charge is -2.17. The molecule has 0 bridgehead atoms. The van der Waals surface area contributed by atoms with Gasteiger partial charge in [-0.3, -0.25) is 4.79 Å². The quantitative estimate of drug-likeness (QED) is 0.843. The number of nitrogens with zero attached hydrogens (tertiary/aromatic N) is 1. The highest BCUT2D eigenvalue weighted by Gasteiger charge is 2.41. The number of amides is 1. The number of aromatic amines is 1. The van der Waals surface area contributed by atoms with Gasteiger partial charge in [0.25, 0.3) is 0 Å². The Balaban J connectivity index is 1.37. The number of aromatic nitrogens is 2. The first-order valence-corrected chi connectivity index (χ1v) is 9.95. The van der Waals surface area contributed by atoms with Gasteiger partial charge in [-0.2, -0.15) is 0 Å². The number of benzene rings is 1. The second kappa shape index (κ2) is 5.86. The van der Waals surface area contributed by atoms with Crippen LogP contribution < -0.4 is 5.32 Å². The molecular formula is C21H27N3O. The van der Waals surface area contributed by atoms with Gasteiger partial charge in [0.15, 0.2) is 0 Å². The molecule has 3 aliphatic rings. The van der Waals surface area contributed by atoms with Crippen LogP contribution in [0.25, 0.3) is 11.0 Å². The fourth-order valence-electron chi connectivity index (χ4n) is 4.77. The molecule has 2 heterocycles. The Hall–Kier alpha value is -1.84. The van der Waals surface area contributed by atoms with Crippen LogP contribution >= 0.6 is 0 Å². The van der Waals surface area contributed by atoms with Gasteiger partial charge in [-0.25, -0.2) is 4.98 Å². The zero-order valence-corrected chi connectivity index (χ0v) is 14.9. The number of nitrogens with one attached hydrogen (secondary N) is 2. The summed E-state index contributed by atoms with van der Waals surface area (Å²) in [7, 11) is 0. The molecule has 2 unspecified atom stereocenters. The van der Waals surface area contributed by atoms with Crippen LogP contribution in [0.5, 0.6) is 0 Å². The van der Waals surface area contributed by atoms with E-state index in [1.54, 1.807) is 0 Å². The first kappa shape index (κ1) is 15.4. The Morgan fingerprint density at radius 3 is 2.56 bits per heavy atom. The van der Waals surface area contributed by atoms with Crippen LogP contribution in [0.2, 0.25) is 0 Å². The highest BCUT2D eigenvalue weighted by atomic mass is 16.2. The van der Waals surface area contributed by atoms with Gasteiger partial charge in [-0.15, -0.1) is 0 Å². The second-order valence-electron chi connectivity index (χ2n) is 8.48. The summed E-state index contributed by atoms with van der Waals surface area (Å²) >= 11 is 0. The first-order valence-electron chi connectivity index (χ1n) is 9.95. The van der Waals surface area contributed by atoms with E-state index in [9.17, 15) is 4.79 Å². The van der Waals surface area contributed by atoms with E-state index in [-0.39, 0.29) is 17.7 Å². The van der Waals surface area contributed by atoms with E-state index in [1.165, 1.54) is 31.2 Å². The third-order valence-corrected chi connectivity index (χ3v) is 6.66. The molecule has 2 saturated carbocycles. The van der Waals surface area contributed by atoms with Crippen molar-refractivity contribution >= 4 is 16.9 Å². The topological polar surface area (TPSA) is 57.8 Å². The van der Waals surface area contributed by atoms with Crippen molar-refractivity contribution in [3.8, 4) is 0 Å². The van der Waals surface area contributed by atoms with E-state index in [2.05, 4.69) is 35.4 Å². The number of carbonyl (C=O) groups is 1. The summed E-state index contributed by atoms with van der Waals surface area (Å²) in [5.74, 6) is 4.48. The molecule has 1 aromatic carbocycles. The van der Waals surface area contributed by atoms with Gasteiger partial charge in [0, 0.05) is 18.9 Å². The summed E-state index contributed by atoms with van der Waals surface area (Å²) in [5.41, 5.74) is 3.43. The number of H-pyrrole nitrogens is 1. The molecule has 4 nitrogen and oxygen atoms in total. The summed E-state index contributed by atoms with van der Waals surface area (Å²) < 4.78 is 0. The van der Waals surface area contributed by atoms with Crippen molar-refractivity contribution in [1.29, 1.82) is 0 Å². The van der Waals surface area contributed by atoms with Crippen molar-refractivity contribution in [3.63, 3.8) is 0 Å². The second-order valence-corrected chi connectivity index (χ2v) is 8.48. The zero-order valence-electron chi connectivity index (χ0n) is 14.9. The smallest absolute Gasteiger partial charge is 0.223 e. The molecule has 0 spiro atoms. The van der Waals surface area contributed by atoms with Gasteiger partial charge in [0.1, 0.15) is 5.82 Å². The van der Waals surface area contributed by atoms with Crippen LogP contribution in [0, 0.1) is 23.7 Å². The highest BCUT2D eigenvalue weighted by molar-refractivity contribution is 5.82. The fraction of sp³-hybridized carbons (Fsp3) is 0.619. The van der Waals surface area contributed by atoms with Crippen LogP contribution in [0.15, 0.2) is 18.2 Å². The van der Waals surface area contributed by atoms with E-state index in [0.29, 0.717) is 0 Å². The van der Waals surface area contributed by atoms with Crippen LogP contribution in [0.1, 0.15) is 56.3 Å². The lowest BCUT2D eigenvalue weighted by molar-refractivity contribution is -0.122. The number of carbonyl (C=O) groups excluding carboxylic acids is 1. The minimum atomic E-state index is 0.106. The summed E-state index contributed by atoms with van der Waals surface area (Å²) in [6.45, 7) is 2.98. The van der Waals surface area contributed by atoms with E-state index in [1.807, 2.05) is 0 Å². The van der Waals surface area contributed by atoms with E-state index in [0.717, 1.165) is 54.0 Å². The van der Waals surface area contributed by atoms with Crippen molar-refractivity contribution in [2.24, 2.45) is 23.7 Å². The summed E-state index contributed by atoms with van der Waals surface area (Å²) in [5, 5.41) is 2.96. The average Bonchev–Trinajstić information content (AvgIpc) is 3.53. The third-order valence-electron chi connectivity index (χ3n) is 6.66. The summed E-state index contributed by atoms with van der Waals surface area (Å²) in [6, 6.07) is 6.49. The SMILES string of the molecule is CC(c1ccc2nc(CC(C3CC3)C3CC3)[nH]c2c1)C1CCNC1=O. The molecule has 132 valence electrons. The molecule has 1 amide bonds. The van der Waals surface area contributed by atoms with E-state index >= 15 is 0 Å². The molecule has 2 aromatic rings. The van der Waals surface area contributed by atoms with Crippen molar-refractivity contribution in [3.05, 3.63) is 29.6 Å². The Kier molecular flexibility index (Phi) is 3.61. The van der Waals surface area contributed by atoms with Crippen LogP contribution in [0.3, 0.4) is 0 Å². The average molecular weight is 337 g/mol. The minimum Gasteiger partial charge on any atom is -0.356 e. The summed E-state index contributed by atoms with van der Waals surface area (Å²) in [4.78, 5) is 20.4. The largest absolute Gasteiger partial charge is 0.356 e. The van der Waals surface area contributed by atoms with Gasteiger partial charge in [-0.1, -0.05) is 13.0 Å². The lowest BCUT2D eigenvalue weighted by atomic mass is 9.86. The Bertz CT molecular complexity index is 791. The lowest BCUT2D eigenvalue weighted by Crippen LogP contribution is -2.22. The predicted octanol–water partition coefficient (Wildman–Crippen LogP) is 3.78. The number of hydrogen-bond donors (Lipinski definition) is 2. The maximum atomic E-state index is 12.0. The molecule has 5 rings (SSSR count). The van der Waals surface area contributed by atoms with Crippen molar-refractivity contribution in [2.45, 2.75) is 51.4 Å². The molecule has 2 atom stereocenters. The van der Waals surface area contributed by atoms with Gasteiger partial charge in [-0.05, 0) is 73.5 Å². The van der Waals surface area contributed by atoms with Gasteiger partial charge >= 0.3 is 0 Å². The van der Waals surface area contributed by atoms with Crippen molar-refractivity contribution < 1.29 is 4.79 Å². The Morgan fingerprint density at radius 1 is 1.16 bits per heavy atom. The van der Waals surface area contributed by atoms with Crippen LogP contribution in [-0.4, -0.2) is 22.4 Å². The number of rotatable bonds is 6. The zero-order chi connectivity index (χ0) is 17.0. The number of hydrogen-bond acceptors (Lipinski definition) is 2. The van der Waals surface area contributed by atoms with E-state index < -0.39 is 0 Å². The Labute approximate surface area is 148 Å². The first-order chi connectivity index (χ1) is 12.2. The maximum absolute atomic E-state index is 12.0. The van der Waals surface area contributed by atoms with Crippen LogP contribution in [-0.2, 0) is 11.2 Å². The highest BCUT2D eigenvalue weighted by Crippen LogP contribution is 2.50. The maximum Gasteiger partial charge on any atom is 0.223 e. The molecule has 1 aliphatic heterocycles. The van der Waals surface area contributed by atoms with Crippen molar-refractivity contribution in [1.82, 2.24) is 15.3 Å². The molecule has 2 aliphatic carbocycles. The number of imidazole rings is 1. The molecule has 1 saturated heterocycles. The molecule has 1 aromatic heterocycles. The normalized spacial score (nSPS) is 24.9. The molecular weight excluding hydrogens is 310 g/mol. The molecule has 2 N–H and O–H groups in total. The number of fused-ring (bicyclic) bond motifs is 1. The molecule has 0 radical (unpaired) electrons.